The first-order valence-electron chi connectivity index (χ1n) is 5.93. The normalized spacial score (nSPS) is 10.4. The SMILES string of the molecule is O=C(O)c1cccc(CNCc2ccccc2F)c1. The first-order chi connectivity index (χ1) is 9.16. The molecule has 0 aromatic heterocycles. The minimum absolute atomic E-state index is 0.241. The van der Waals surface area contributed by atoms with E-state index < -0.39 is 5.97 Å². The maximum absolute atomic E-state index is 13.4. The monoisotopic (exact) mass is 259 g/mol. The lowest BCUT2D eigenvalue weighted by Gasteiger charge is -2.06. The fraction of sp³-hybridized carbons (Fsp3) is 0.133. The third-order valence-electron chi connectivity index (χ3n) is 2.78. The summed E-state index contributed by atoms with van der Waals surface area (Å²) in [6, 6.07) is 13.3. The summed E-state index contributed by atoms with van der Waals surface area (Å²) in [6.45, 7) is 0.902. The van der Waals surface area contributed by atoms with Crippen molar-refractivity contribution < 1.29 is 14.3 Å². The topological polar surface area (TPSA) is 49.3 Å². The van der Waals surface area contributed by atoms with Crippen LogP contribution in [0.5, 0.6) is 0 Å². The minimum Gasteiger partial charge on any atom is -0.478 e. The number of nitrogens with one attached hydrogen (secondary N) is 1. The Balaban J connectivity index is 1.94. The zero-order valence-corrected chi connectivity index (χ0v) is 10.3. The highest BCUT2D eigenvalue weighted by Gasteiger charge is 2.03. The maximum atomic E-state index is 13.4. The van der Waals surface area contributed by atoms with Gasteiger partial charge in [-0.3, -0.25) is 0 Å². The van der Waals surface area contributed by atoms with Gasteiger partial charge in [0.1, 0.15) is 5.82 Å². The molecule has 2 aromatic carbocycles. The fourth-order valence-corrected chi connectivity index (χ4v) is 1.80. The molecule has 0 saturated heterocycles. The molecule has 0 radical (unpaired) electrons. The lowest BCUT2D eigenvalue weighted by atomic mass is 10.1. The predicted molar refractivity (Wildman–Crippen MR) is 70.3 cm³/mol. The van der Waals surface area contributed by atoms with E-state index in [1.807, 2.05) is 6.07 Å². The summed E-state index contributed by atoms with van der Waals surface area (Å²) in [4.78, 5) is 10.8. The first-order valence-corrected chi connectivity index (χ1v) is 5.93. The summed E-state index contributed by atoms with van der Waals surface area (Å²) in [6.07, 6.45) is 0. The Morgan fingerprint density at radius 3 is 2.63 bits per heavy atom. The van der Waals surface area contributed by atoms with Gasteiger partial charge in [-0.2, -0.15) is 0 Å². The molecule has 0 aliphatic rings. The van der Waals surface area contributed by atoms with Crippen molar-refractivity contribution in [2.24, 2.45) is 0 Å². The van der Waals surface area contributed by atoms with E-state index in [2.05, 4.69) is 5.32 Å². The Bertz CT molecular complexity index is 584. The molecule has 0 atom stereocenters. The van der Waals surface area contributed by atoms with Crippen molar-refractivity contribution in [2.45, 2.75) is 13.1 Å². The molecule has 0 amide bonds. The van der Waals surface area contributed by atoms with Crippen LogP contribution in [0.4, 0.5) is 4.39 Å². The molecule has 2 N–H and O–H groups in total. The number of carboxylic acid groups (broad SMARTS) is 1. The molecular formula is C15H14FNO2. The van der Waals surface area contributed by atoms with Crippen molar-refractivity contribution in [3.63, 3.8) is 0 Å². The Morgan fingerprint density at radius 1 is 1.11 bits per heavy atom. The van der Waals surface area contributed by atoms with Crippen molar-refractivity contribution in [3.8, 4) is 0 Å². The molecule has 0 saturated carbocycles. The second kappa shape index (κ2) is 6.11. The van der Waals surface area contributed by atoms with Crippen LogP contribution >= 0.6 is 0 Å². The van der Waals surface area contributed by atoms with Gasteiger partial charge in [0, 0.05) is 18.7 Å². The van der Waals surface area contributed by atoms with Crippen LogP contribution in [-0.2, 0) is 13.1 Å². The summed E-state index contributed by atoms with van der Waals surface area (Å²) in [7, 11) is 0. The summed E-state index contributed by atoms with van der Waals surface area (Å²) in [5, 5.41) is 12.0. The number of halogens is 1. The Labute approximate surface area is 110 Å². The van der Waals surface area contributed by atoms with Crippen molar-refractivity contribution >= 4 is 5.97 Å². The fourth-order valence-electron chi connectivity index (χ4n) is 1.80. The summed E-state index contributed by atoms with van der Waals surface area (Å²) in [5.41, 5.74) is 1.71. The standard InChI is InChI=1S/C15H14FNO2/c16-14-7-2-1-5-13(14)10-17-9-11-4-3-6-12(8-11)15(18)19/h1-8,17H,9-10H2,(H,18,19). The van der Waals surface area contributed by atoms with Crippen molar-refractivity contribution in [2.75, 3.05) is 0 Å². The maximum Gasteiger partial charge on any atom is 0.335 e. The van der Waals surface area contributed by atoms with Crippen LogP contribution in [0.1, 0.15) is 21.5 Å². The highest BCUT2D eigenvalue weighted by Crippen LogP contribution is 2.08. The van der Waals surface area contributed by atoms with Gasteiger partial charge in [-0.05, 0) is 23.8 Å². The first kappa shape index (κ1) is 13.2. The van der Waals surface area contributed by atoms with Gasteiger partial charge in [-0.1, -0.05) is 30.3 Å². The zero-order chi connectivity index (χ0) is 13.7. The number of rotatable bonds is 5. The van der Waals surface area contributed by atoms with E-state index in [0.717, 1.165) is 5.56 Å². The molecule has 0 fully saturated rings. The van der Waals surface area contributed by atoms with Crippen LogP contribution < -0.4 is 5.32 Å². The third kappa shape index (κ3) is 3.63. The predicted octanol–water partition coefficient (Wildman–Crippen LogP) is 2.81. The number of carboxylic acids is 1. The number of aromatic carboxylic acids is 1. The molecule has 2 rings (SSSR count). The van der Waals surface area contributed by atoms with Gasteiger partial charge < -0.3 is 10.4 Å². The van der Waals surface area contributed by atoms with Gasteiger partial charge in [0.25, 0.3) is 0 Å². The van der Waals surface area contributed by atoms with Crippen molar-refractivity contribution in [1.82, 2.24) is 5.32 Å². The van der Waals surface area contributed by atoms with E-state index >= 15 is 0 Å². The van der Waals surface area contributed by atoms with E-state index in [-0.39, 0.29) is 11.4 Å². The van der Waals surface area contributed by atoms with E-state index in [4.69, 9.17) is 5.11 Å². The summed E-state index contributed by atoms with van der Waals surface area (Å²) in [5.74, 6) is -1.19. The van der Waals surface area contributed by atoms with E-state index in [0.29, 0.717) is 18.7 Å². The number of hydrogen-bond donors (Lipinski definition) is 2. The van der Waals surface area contributed by atoms with Crippen molar-refractivity contribution in [3.05, 3.63) is 71.0 Å². The van der Waals surface area contributed by atoms with Gasteiger partial charge in [0.2, 0.25) is 0 Å². The quantitative estimate of drug-likeness (QED) is 0.868. The van der Waals surface area contributed by atoms with E-state index in [1.165, 1.54) is 6.07 Å². The highest BCUT2D eigenvalue weighted by molar-refractivity contribution is 5.87. The summed E-state index contributed by atoms with van der Waals surface area (Å²) < 4.78 is 13.4. The molecule has 19 heavy (non-hydrogen) atoms. The Kier molecular flexibility index (Phi) is 4.26. The Morgan fingerprint density at radius 2 is 1.89 bits per heavy atom. The van der Waals surface area contributed by atoms with Crippen LogP contribution in [0.3, 0.4) is 0 Å². The van der Waals surface area contributed by atoms with Crippen LogP contribution in [0.2, 0.25) is 0 Å². The molecule has 4 heteroatoms. The zero-order valence-electron chi connectivity index (χ0n) is 10.3. The second-order valence-electron chi connectivity index (χ2n) is 4.20. The molecular weight excluding hydrogens is 245 g/mol. The molecule has 98 valence electrons. The van der Waals surface area contributed by atoms with Gasteiger partial charge >= 0.3 is 5.97 Å². The summed E-state index contributed by atoms with van der Waals surface area (Å²) >= 11 is 0. The average molecular weight is 259 g/mol. The van der Waals surface area contributed by atoms with Crippen LogP contribution in [-0.4, -0.2) is 11.1 Å². The lowest BCUT2D eigenvalue weighted by molar-refractivity contribution is 0.0696. The molecule has 3 nitrogen and oxygen atoms in total. The van der Waals surface area contributed by atoms with Gasteiger partial charge in [0.15, 0.2) is 0 Å². The number of benzene rings is 2. The van der Waals surface area contributed by atoms with Gasteiger partial charge in [0.05, 0.1) is 5.56 Å². The Hall–Kier alpha value is -2.20. The number of carbonyl (C=O) groups is 1. The van der Waals surface area contributed by atoms with Gasteiger partial charge in [-0.15, -0.1) is 0 Å². The molecule has 0 bridgehead atoms. The largest absolute Gasteiger partial charge is 0.478 e. The third-order valence-corrected chi connectivity index (χ3v) is 2.78. The van der Waals surface area contributed by atoms with Crippen LogP contribution in [0.15, 0.2) is 48.5 Å². The average Bonchev–Trinajstić information content (AvgIpc) is 2.41. The van der Waals surface area contributed by atoms with Crippen LogP contribution in [0.25, 0.3) is 0 Å². The van der Waals surface area contributed by atoms with Gasteiger partial charge in [-0.25, -0.2) is 9.18 Å². The van der Waals surface area contributed by atoms with Crippen LogP contribution in [0, 0.1) is 5.82 Å². The molecule has 0 aliphatic heterocycles. The lowest BCUT2D eigenvalue weighted by Crippen LogP contribution is -2.14. The van der Waals surface area contributed by atoms with Crippen molar-refractivity contribution in [1.29, 1.82) is 0 Å². The molecule has 2 aromatic rings. The second-order valence-corrected chi connectivity index (χ2v) is 4.20. The smallest absolute Gasteiger partial charge is 0.335 e. The van der Waals surface area contributed by atoms with E-state index in [9.17, 15) is 9.18 Å². The number of hydrogen-bond acceptors (Lipinski definition) is 2. The van der Waals surface area contributed by atoms with E-state index in [1.54, 1.807) is 36.4 Å². The molecule has 0 spiro atoms. The highest BCUT2D eigenvalue weighted by atomic mass is 19.1. The minimum atomic E-state index is -0.948. The molecule has 0 aliphatic carbocycles. The molecule has 0 heterocycles. The molecule has 0 unspecified atom stereocenters.